The minimum atomic E-state index is 0.696. The number of nitrogens with two attached hydrogens (primary N) is 1. The molecule has 0 amide bonds. The van der Waals surface area contributed by atoms with E-state index >= 15 is 0 Å². The third-order valence-corrected chi connectivity index (χ3v) is 3.86. The van der Waals surface area contributed by atoms with Crippen LogP contribution in [0.1, 0.15) is 44.9 Å². The standard InChI is InChI=1S/C15H25N3/c16-10-5-13-18(15-8-11-17-12-9-15)14-6-3-1-2-4-7-14/h8-9,11-12,14H,1-7,10,13,16H2. The normalized spacial score (nSPS) is 17.4. The third-order valence-electron chi connectivity index (χ3n) is 3.86. The van der Waals surface area contributed by atoms with E-state index in [1.807, 2.05) is 12.4 Å². The molecule has 18 heavy (non-hydrogen) atoms. The molecular weight excluding hydrogens is 222 g/mol. The Morgan fingerprint density at radius 3 is 2.39 bits per heavy atom. The van der Waals surface area contributed by atoms with Crippen LogP contribution >= 0.6 is 0 Å². The van der Waals surface area contributed by atoms with Gasteiger partial charge in [0.1, 0.15) is 0 Å². The molecule has 1 aromatic rings. The Kier molecular flexibility index (Phi) is 5.46. The van der Waals surface area contributed by atoms with Crippen LogP contribution in [0.15, 0.2) is 24.5 Å². The summed E-state index contributed by atoms with van der Waals surface area (Å²) in [7, 11) is 0. The minimum Gasteiger partial charge on any atom is -0.368 e. The maximum Gasteiger partial charge on any atom is 0.0399 e. The smallest absolute Gasteiger partial charge is 0.0399 e. The second-order valence-corrected chi connectivity index (χ2v) is 5.19. The molecule has 1 aromatic heterocycles. The van der Waals surface area contributed by atoms with E-state index in [2.05, 4.69) is 22.0 Å². The molecule has 1 saturated carbocycles. The molecular formula is C15H25N3. The predicted octanol–water partition coefficient (Wildman–Crippen LogP) is 2.96. The quantitative estimate of drug-likeness (QED) is 0.813. The van der Waals surface area contributed by atoms with Gasteiger partial charge in [-0.25, -0.2) is 0 Å². The van der Waals surface area contributed by atoms with Gasteiger partial charge in [-0.05, 0) is 37.9 Å². The Hall–Kier alpha value is -1.09. The van der Waals surface area contributed by atoms with Crippen molar-refractivity contribution in [1.29, 1.82) is 0 Å². The highest BCUT2D eigenvalue weighted by Gasteiger charge is 2.19. The molecule has 0 unspecified atom stereocenters. The van der Waals surface area contributed by atoms with Crippen molar-refractivity contribution in [3.05, 3.63) is 24.5 Å². The first-order valence-corrected chi connectivity index (χ1v) is 7.28. The van der Waals surface area contributed by atoms with Gasteiger partial charge in [0.25, 0.3) is 0 Å². The molecule has 0 saturated heterocycles. The van der Waals surface area contributed by atoms with E-state index < -0.39 is 0 Å². The summed E-state index contributed by atoms with van der Waals surface area (Å²) in [6.45, 7) is 1.85. The molecule has 3 heteroatoms. The number of pyridine rings is 1. The molecule has 0 aliphatic heterocycles. The Bertz CT molecular complexity index is 318. The van der Waals surface area contributed by atoms with Crippen molar-refractivity contribution in [3.63, 3.8) is 0 Å². The first-order valence-electron chi connectivity index (χ1n) is 7.28. The summed E-state index contributed by atoms with van der Waals surface area (Å²) >= 11 is 0. The highest BCUT2D eigenvalue weighted by Crippen LogP contribution is 2.26. The zero-order chi connectivity index (χ0) is 12.6. The lowest BCUT2D eigenvalue weighted by Gasteiger charge is -2.33. The van der Waals surface area contributed by atoms with E-state index in [4.69, 9.17) is 5.73 Å². The lowest BCUT2D eigenvalue weighted by atomic mass is 10.1. The van der Waals surface area contributed by atoms with Crippen LogP contribution in [0.4, 0.5) is 5.69 Å². The fourth-order valence-electron chi connectivity index (χ4n) is 2.89. The van der Waals surface area contributed by atoms with Gasteiger partial charge in [0.2, 0.25) is 0 Å². The van der Waals surface area contributed by atoms with Crippen molar-refractivity contribution >= 4 is 5.69 Å². The van der Waals surface area contributed by atoms with Crippen molar-refractivity contribution in [2.75, 3.05) is 18.0 Å². The number of hydrogen-bond donors (Lipinski definition) is 1. The van der Waals surface area contributed by atoms with E-state index in [0.29, 0.717) is 6.04 Å². The molecule has 100 valence electrons. The lowest BCUT2D eigenvalue weighted by molar-refractivity contribution is 0.519. The average molecular weight is 247 g/mol. The van der Waals surface area contributed by atoms with Crippen molar-refractivity contribution in [2.24, 2.45) is 5.73 Å². The van der Waals surface area contributed by atoms with Gasteiger partial charge < -0.3 is 10.6 Å². The van der Waals surface area contributed by atoms with Gasteiger partial charge in [-0.1, -0.05) is 25.7 Å². The van der Waals surface area contributed by atoms with Gasteiger partial charge in [-0.2, -0.15) is 0 Å². The van der Waals surface area contributed by atoms with Crippen LogP contribution in [0.25, 0.3) is 0 Å². The maximum absolute atomic E-state index is 5.68. The van der Waals surface area contributed by atoms with E-state index in [-0.39, 0.29) is 0 Å². The summed E-state index contributed by atoms with van der Waals surface area (Å²) < 4.78 is 0. The SMILES string of the molecule is NCCCN(c1ccncc1)C1CCCCCC1. The number of hydrogen-bond acceptors (Lipinski definition) is 3. The Balaban J connectivity index is 2.08. The van der Waals surface area contributed by atoms with Gasteiger partial charge in [-0.3, -0.25) is 4.98 Å². The van der Waals surface area contributed by atoms with Gasteiger partial charge in [-0.15, -0.1) is 0 Å². The predicted molar refractivity (Wildman–Crippen MR) is 76.7 cm³/mol. The summed E-state index contributed by atoms with van der Waals surface area (Å²) in [6.07, 6.45) is 13.0. The number of rotatable bonds is 5. The van der Waals surface area contributed by atoms with E-state index in [0.717, 1.165) is 19.5 Å². The van der Waals surface area contributed by atoms with E-state index in [1.165, 1.54) is 44.2 Å². The number of nitrogens with zero attached hydrogens (tertiary/aromatic N) is 2. The van der Waals surface area contributed by atoms with Crippen LogP contribution in [-0.2, 0) is 0 Å². The van der Waals surface area contributed by atoms with Crippen molar-refractivity contribution < 1.29 is 0 Å². The van der Waals surface area contributed by atoms with Gasteiger partial charge in [0.05, 0.1) is 0 Å². The Morgan fingerprint density at radius 2 is 1.78 bits per heavy atom. The molecule has 3 nitrogen and oxygen atoms in total. The molecule has 1 aliphatic carbocycles. The topological polar surface area (TPSA) is 42.1 Å². The average Bonchev–Trinajstić information content (AvgIpc) is 2.70. The van der Waals surface area contributed by atoms with Crippen LogP contribution in [0.2, 0.25) is 0 Å². The molecule has 1 fully saturated rings. The van der Waals surface area contributed by atoms with Gasteiger partial charge in [0.15, 0.2) is 0 Å². The zero-order valence-corrected chi connectivity index (χ0v) is 11.2. The summed E-state index contributed by atoms with van der Waals surface area (Å²) in [5.74, 6) is 0. The van der Waals surface area contributed by atoms with E-state index in [9.17, 15) is 0 Å². The van der Waals surface area contributed by atoms with Crippen LogP contribution in [0, 0.1) is 0 Å². The van der Waals surface area contributed by atoms with Crippen molar-refractivity contribution in [3.8, 4) is 0 Å². The Labute approximate surface area is 110 Å². The van der Waals surface area contributed by atoms with Crippen LogP contribution in [0.5, 0.6) is 0 Å². The highest BCUT2D eigenvalue weighted by atomic mass is 15.2. The molecule has 0 radical (unpaired) electrons. The van der Waals surface area contributed by atoms with Crippen LogP contribution in [0.3, 0.4) is 0 Å². The fourth-order valence-corrected chi connectivity index (χ4v) is 2.89. The number of anilines is 1. The van der Waals surface area contributed by atoms with Crippen molar-refractivity contribution in [2.45, 2.75) is 51.0 Å². The molecule has 0 bridgehead atoms. The van der Waals surface area contributed by atoms with Crippen molar-refractivity contribution in [1.82, 2.24) is 4.98 Å². The second kappa shape index (κ2) is 7.37. The Morgan fingerprint density at radius 1 is 1.11 bits per heavy atom. The zero-order valence-electron chi connectivity index (χ0n) is 11.2. The summed E-state index contributed by atoms with van der Waals surface area (Å²) in [5.41, 5.74) is 6.99. The lowest BCUT2D eigenvalue weighted by Crippen LogP contribution is -2.36. The molecule has 0 atom stereocenters. The largest absolute Gasteiger partial charge is 0.368 e. The van der Waals surface area contributed by atoms with Crippen LogP contribution < -0.4 is 10.6 Å². The number of aromatic nitrogens is 1. The molecule has 1 aliphatic rings. The second-order valence-electron chi connectivity index (χ2n) is 5.19. The van der Waals surface area contributed by atoms with E-state index in [1.54, 1.807) is 0 Å². The third kappa shape index (κ3) is 3.70. The molecule has 0 aromatic carbocycles. The van der Waals surface area contributed by atoms with Gasteiger partial charge >= 0.3 is 0 Å². The molecule has 2 N–H and O–H groups in total. The summed E-state index contributed by atoms with van der Waals surface area (Å²) in [5, 5.41) is 0. The fraction of sp³-hybridized carbons (Fsp3) is 0.667. The first kappa shape index (κ1) is 13.3. The minimum absolute atomic E-state index is 0.696. The first-order chi connectivity index (χ1) is 8.92. The summed E-state index contributed by atoms with van der Waals surface area (Å²) in [6, 6.07) is 4.95. The molecule has 0 spiro atoms. The van der Waals surface area contributed by atoms with Crippen LogP contribution in [-0.4, -0.2) is 24.1 Å². The maximum atomic E-state index is 5.68. The molecule has 2 rings (SSSR count). The van der Waals surface area contributed by atoms with Gasteiger partial charge in [0, 0.05) is 30.7 Å². The molecule has 1 heterocycles. The summed E-state index contributed by atoms with van der Waals surface area (Å²) in [4.78, 5) is 6.68. The monoisotopic (exact) mass is 247 g/mol. The highest BCUT2D eigenvalue weighted by molar-refractivity contribution is 5.45.